The van der Waals surface area contributed by atoms with Gasteiger partial charge in [0.25, 0.3) is 0 Å². The minimum absolute atomic E-state index is 0.206. The molecule has 2 rings (SSSR count). The van der Waals surface area contributed by atoms with Crippen LogP contribution >= 0.6 is 0 Å². The largest absolute Gasteiger partial charge is 0.379 e. The van der Waals surface area contributed by atoms with Crippen LogP contribution < -0.4 is 5.73 Å². The lowest BCUT2D eigenvalue weighted by molar-refractivity contribution is -0.136. The van der Waals surface area contributed by atoms with Crippen LogP contribution in [0, 0.1) is 0 Å². The summed E-state index contributed by atoms with van der Waals surface area (Å²) in [6, 6.07) is 0. The zero-order valence-corrected chi connectivity index (χ0v) is 12.6. The molecule has 0 aromatic carbocycles. The van der Waals surface area contributed by atoms with Crippen molar-refractivity contribution in [3.63, 3.8) is 0 Å². The molecular weight excluding hydrogens is 256 g/mol. The molecule has 1 saturated heterocycles. The van der Waals surface area contributed by atoms with Gasteiger partial charge in [-0.25, -0.2) is 0 Å². The molecule has 0 radical (unpaired) electrons. The smallest absolute Gasteiger partial charge is 0.224 e. The first kappa shape index (κ1) is 15.7. The molecular formula is C15H28N2O3. The van der Waals surface area contributed by atoms with Crippen LogP contribution in [0.5, 0.6) is 0 Å². The standard InChI is InChI=1S/C15H28N2O3/c1-2-19-10-11-20-13-4-8-17(9-5-13)14(18)12-15(16)6-3-7-15/h13H,2-12,16H2,1H3. The molecule has 1 heterocycles. The average Bonchev–Trinajstić information content (AvgIpc) is 2.42. The first-order valence-electron chi connectivity index (χ1n) is 7.89. The van der Waals surface area contributed by atoms with Crippen molar-refractivity contribution in [3.8, 4) is 0 Å². The minimum atomic E-state index is -0.206. The summed E-state index contributed by atoms with van der Waals surface area (Å²) in [6.07, 6.45) is 5.80. The quantitative estimate of drug-likeness (QED) is 0.716. The molecule has 5 heteroatoms. The van der Waals surface area contributed by atoms with Crippen molar-refractivity contribution in [1.29, 1.82) is 0 Å². The van der Waals surface area contributed by atoms with Crippen molar-refractivity contribution in [2.45, 2.75) is 57.1 Å². The Labute approximate surface area is 121 Å². The molecule has 20 heavy (non-hydrogen) atoms. The summed E-state index contributed by atoms with van der Waals surface area (Å²) in [4.78, 5) is 14.2. The van der Waals surface area contributed by atoms with Crippen LogP contribution in [0.3, 0.4) is 0 Å². The van der Waals surface area contributed by atoms with Crippen LogP contribution in [-0.4, -0.2) is 55.4 Å². The van der Waals surface area contributed by atoms with Crippen molar-refractivity contribution in [1.82, 2.24) is 4.90 Å². The number of carbonyl (C=O) groups excluding carboxylic acids is 1. The fourth-order valence-corrected chi connectivity index (χ4v) is 2.91. The van der Waals surface area contributed by atoms with Gasteiger partial charge in [-0.15, -0.1) is 0 Å². The molecule has 0 unspecified atom stereocenters. The zero-order chi connectivity index (χ0) is 14.4. The Morgan fingerprint density at radius 3 is 2.55 bits per heavy atom. The molecule has 116 valence electrons. The fraction of sp³-hybridized carbons (Fsp3) is 0.933. The number of nitrogens with two attached hydrogens (primary N) is 1. The van der Waals surface area contributed by atoms with Crippen LogP contribution in [0.15, 0.2) is 0 Å². The maximum Gasteiger partial charge on any atom is 0.224 e. The summed E-state index contributed by atoms with van der Waals surface area (Å²) in [5.74, 6) is 0.222. The first-order valence-corrected chi connectivity index (χ1v) is 7.89. The Morgan fingerprint density at radius 2 is 2.00 bits per heavy atom. The predicted octanol–water partition coefficient (Wildman–Crippen LogP) is 1.30. The molecule has 2 fully saturated rings. The van der Waals surface area contributed by atoms with Crippen molar-refractivity contribution in [2.75, 3.05) is 32.9 Å². The molecule has 1 aliphatic heterocycles. The van der Waals surface area contributed by atoms with E-state index in [9.17, 15) is 4.79 Å². The van der Waals surface area contributed by atoms with Gasteiger partial charge < -0.3 is 20.1 Å². The van der Waals surface area contributed by atoms with Crippen LogP contribution in [-0.2, 0) is 14.3 Å². The lowest BCUT2D eigenvalue weighted by Crippen LogP contribution is -2.51. The third kappa shape index (κ3) is 4.43. The summed E-state index contributed by atoms with van der Waals surface area (Å²) in [6.45, 7) is 5.62. The van der Waals surface area contributed by atoms with E-state index in [-0.39, 0.29) is 17.6 Å². The highest BCUT2D eigenvalue weighted by atomic mass is 16.5. The highest BCUT2D eigenvalue weighted by molar-refractivity contribution is 5.77. The van der Waals surface area contributed by atoms with Gasteiger partial charge in [-0.3, -0.25) is 4.79 Å². The van der Waals surface area contributed by atoms with Gasteiger partial charge in [0.15, 0.2) is 0 Å². The van der Waals surface area contributed by atoms with E-state index in [1.54, 1.807) is 0 Å². The molecule has 2 aliphatic rings. The van der Waals surface area contributed by atoms with Gasteiger partial charge in [0, 0.05) is 31.7 Å². The van der Waals surface area contributed by atoms with Gasteiger partial charge in [-0.1, -0.05) is 0 Å². The Morgan fingerprint density at radius 1 is 1.30 bits per heavy atom. The Kier molecular flexibility index (Phi) is 5.81. The van der Waals surface area contributed by atoms with E-state index in [1.165, 1.54) is 6.42 Å². The molecule has 0 spiro atoms. The maximum atomic E-state index is 12.2. The second-order valence-electron chi connectivity index (χ2n) is 6.04. The van der Waals surface area contributed by atoms with E-state index in [0.717, 1.165) is 45.4 Å². The lowest BCUT2D eigenvalue weighted by atomic mass is 9.75. The monoisotopic (exact) mass is 284 g/mol. The number of ether oxygens (including phenoxy) is 2. The highest BCUT2D eigenvalue weighted by Gasteiger charge is 2.36. The maximum absolute atomic E-state index is 12.2. The molecule has 1 aliphatic carbocycles. The van der Waals surface area contributed by atoms with Crippen LogP contribution in [0.1, 0.15) is 45.4 Å². The number of rotatable bonds is 7. The number of nitrogens with zero attached hydrogens (tertiary/aromatic N) is 1. The Bertz CT molecular complexity index is 310. The summed E-state index contributed by atoms with van der Waals surface area (Å²) in [5, 5.41) is 0. The van der Waals surface area contributed by atoms with Crippen molar-refractivity contribution in [2.24, 2.45) is 5.73 Å². The first-order chi connectivity index (χ1) is 9.63. The molecule has 1 amide bonds. The summed E-state index contributed by atoms with van der Waals surface area (Å²) in [7, 11) is 0. The third-order valence-electron chi connectivity index (χ3n) is 4.43. The van der Waals surface area contributed by atoms with E-state index < -0.39 is 0 Å². The molecule has 0 aromatic rings. The second-order valence-corrected chi connectivity index (χ2v) is 6.04. The molecule has 1 saturated carbocycles. The number of hydrogen-bond acceptors (Lipinski definition) is 4. The number of carbonyl (C=O) groups is 1. The summed E-state index contributed by atoms with van der Waals surface area (Å²) >= 11 is 0. The molecule has 5 nitrogen and oxygen atoms in total. The van der Waals surface area contributed by atoms with Crippen LogP contribution in [0.25, 0.3) is 0 Å². The molecule has 2 N–H and O–H groups in total. The van der Waals surface area contributed by atoms with Crippen molar-refractivity contribution in [3.05, 3.63) is 0 Å². The van der Waals surface area contributed by atoms with Crippen LogP contribution in [0.4, 0.5) is 0 Å². The van der Waals surface area contributed by atoms with Gasteiger partial charge >= 0.3 is 0 Å². The number of likely N-dealkylation sites (tertiary alicyclic amines) is 1. The Balaban J connectivity index is 1.62. The van der Waals surface area contributed by atoms with Gasteiger partial charge in [0.05, 0.1) is 19.3 Å². The van der Waals surface area contributed by atoms with E-state index in [4.69, 9.17) is 15.2 Å². The number of piperidine rings is 1. The molecule has 0 bridgehead atoms. The average molecular weight is 284 g/mol. The highest BCUT2D eigenvalue weighted by Crippen LogP contribution is 2.33. The lowest BCUT2D eigenvalue weighted by Gasteiger charge is -2.40. The van der Waals surface area contributed by atoms with E-state index in [2.05, 4.69) is 0 Å². The number of hydrogen-bond donors (Lipinski definition) is 1. The van der Waals surface area contributed by atoms with Gasteiger partial charge in [-0.05, 0) is 39.0 Å². The summed E-state index contributed by atoms with van der Waals surface area (Å²) in [5.41, 5.74) is 5.94. The van der Waals surface area contributed by atoms with Gasteiger partial charge in [-0.2, -0.15) is 0 Å². The van der Waals surface area contributed by atoms with E-state index in [1.807, 2.05) is 11.8 Å². The SMILES string of the molecule is CCOCCOC1CCN(C(=O)CC2(N)CCC2)CC1. The minimum Gasteiger partial charge on any atom is -0.379 e. The van der Waals surface area contributed by atoms with E-state index in [0.29, 0.717) is 19.6 Å². The fourth-order valence-electron chi connectivity index (χ4n) is 2.91. The third-order valence-corrected chi connectivity index (χ3v) is 4.43. The normalized spacial score (nSPS) is 22.6. The second kappa shape index (κ2) is 7.38. The van der Waals surface area contributed by atoms with Gasteiger partial charge in [0.2, 0.25) is 5.91 Å². The van der Waals surface area contributed by atoms with Crippen molar-refractivity contribution >= 4 is 5.91 Å². The van der Waals surface area contributed by atoms with Crippen molar-refractivity contribution < 1.29 is 14.3 Å². The van der Waals surface area contributed by atoms with Gasteiger partial charge in [0.1, 0.15) is 0 Å². The van der Waals surface area contributed by atoms with E-state index >= 15 is 0 Å². The molecule has 0 atom stereocenters. The summed E-state index contributed by atoms with van der Waals surface area (Å²) < 4.78 is 11.0. The molecule has 0 aromatic heterocycles. The Hall–Kier alpha value is -0.650. The topological polar surface area (TPSA) is 64.8 Å². The predicted molar refractivity (Wildman–Crippen MR) is 77.4 cm³/mol. The zero-order valence-electron chi connectivity index (χ0n) is 12.6. The number of amides is 1. The van der Waals surface area contributed by atoms with Crippen LogP contribution in [0.2, 0.25) is 0 Å².